The number of carbonyl (C=O) groups is 1. The van der Waals surface area contributed by atoms with Gasteiger partial charge in [0.1, 0.15) is 0 Å². The quantitative estimate of drug-likeness (QED) is 0.195. The molecule has 6 N–H and O–H groups in total. The van der Waals surface area contributed by atoms with Gasteiger partial charge < -0.3 is 45.9 Å². The van der Waals surface area contributed by atoms with E-state index >= 15 is 0 Å². The van der Waals surface area contributed by atoms with Gasteiger partial charge in [-0.2, -0.15) is 15.0 Å². The molecule has 2 aromatic rings. The SMILES string of the molecule is NCCOCCOCCNC(=O)Cc1ccc(Nc2nc(NC3CCC(O)CC3)nc(N3CCOCC3)n2)cc1. The number of hydrogen-bond donors (Lipinski definition) is 5. The van der Waals surface area contributed by atoms with Crippen LogP contribution < -0.4 is 26.6 Å². The van der Waals surface area contributed by atoms with Gasteiger partial charge in [0.2, 0.25) is 23.8 Å². The van der Waals surface area contributed by atoms with E-state index in [4.69, 9.17) is 19.9 Å². The minimum absolute atomic E-state index is 0.0674. The molecular weight excluding hydrogens is 516 g/mol. The highest BCUT2D eigenvalue weighted by Gasteiger charge is 2.22. The zero-order valence-corrected chi connectivity index (χ0v) is 23.0. The molecule has 0 atom stereocenters. The van der Waals surface area contributed by atoms with Crippen molar-refractivity contribution >= 4 is 29.4 Å². The Morgan fingerprint density at radius 2 is 1.68 bits per heavy atom. The Kier molecular flexibility index (Phi) is 12.1. The molecule has 1 saturated carbocycles. The summed E-state index contributed by atoms with van der Waals surface area (Å²) in [7, 11) is 0. The third-order valence-corrected chi connectivity index (χ3v) is 6.72. The van der Waals surface area contributed by atoms with E-state index < -0.39 is 0 Å². The third-order valence-electron chi connectivity index (χ3n) is 6.72. The van der Waals surface area contributed by atoms with Crippen LogP contribution in [0.15, 0.2) is 24.3 Å². The van der Waals surface area contributed by atoms with Gasteiger partial charge in [0.25, 0.3) is 0 Å². The van der Waals surface area contributed by atoms with Crippen molar-refractivity contribution < 1.29 is 24.1 Å². The molecule has 1 aliphatic heterocycles. The molecule has 1 aromatic heterocycles. The molecule has 0 spiro atoms. The van der Waals surface area contributed by atoms with Crippen molar-refractivity contribution in [3.63, 3.8) is 0 Å². The Bertz CT molecular complexity index is 1030. The summed E-state index contributed by atoms with van der Waals surface area (Å²) in [5.74, 6) is 1.48. The number of hydrogen-bond acceptors (Lipinski definition) is 12. The van der Waals surface area contributed by atoms with Gasteiger partial charge in [0.15, 0.2) is 0 Å². The Hall–Kier alpha value is -3.10. The number of nitrogens with one attached hydrogen (secondary N) is 3. The number of nitrogens with zero attached hydrogens (tertiary/aromatic N) is 4. The zero-order chi connectivity index (χ0) is 28.0. The van der Waals surface area contributed by atoms with Gasteiger partial charge in [-0.25, -0.2) is 0 Å². The Balaban J connectivity index is 1.29. The van der Waals surface area contributed by atoms with E-state index in [1.165, 1.54) is 0 Å². The highest BCUT2D eigenvalue weighted by atomic mass is 16.5. The number of morpholine rings is 1. The largest absolute Gasteiger partial charge is 0.393 e. The maximum Gasteiger partial charge on any atom is 0.233 e. The number of anilines is 4. The maximum absolute atomic E-state index is 12.3. The number of amides is 1. The minimum atomic E-state index is -0.224. The van der Waals surface area contributed by atoms with Crippen LogP contribution in [0.5, 0.6) is 0 Å². The van der Waals surface area contributed by atoms with Crippen molar-refractivity contribution in [3.8, 4) is 0 Å². The lowest BCUT2D eigenvalue weighted by atomic mass is 9.93. The second-order valence-corrected chi connectivity index (χ2v) is 9.89. The Morgan fingerprint density at radius 1 is 0.975 bits per heavy atom. The smallest absolute Gasteiger partial charge is 0.233 e. The molecule has 2 aliphatic rings. The average molecular weight is 559 g/mol. The van der Waals surface area contributed by atoms with Crippen molar-refractivity contribution in [2.45, 2.75) is 44.2 Å². The van der Waals surface area contributed by atoms with Crippen LogP contribution >= 0.6 is 0 Å². The van der Waals surface area contributed by atoms with Gasteiger partial charge >= 0.3 is 0 Å². The van der Waals surface area contributed by atoms with Crippen LogP contribution in [0.1, 0.15) is 31.2 Å². The fourth-order valence-corrected chi connectivity index (χ4v) is 4.54. The summed E-state index contributed by atoms with van der Waals surface area (Å²) in [5, 5.41) is 19.4. The number of ether oxygens (including phenoxy) is 3. The summed E-state index contributed by atoms with van der Waals surface area (Å²) in [6, 6.07) is 7.83. The minimum Gasteiger partial charge on any atom is -0.393 e. The predicted molar refractivity (Wildman–Crippen MR) is 152 cm³/mol. The van der Waals surface area contributed by atoms with Crippen molar-refractivity contribution in [3.05, 3.63) is 29.8 Å². The van der Waals surface area contributed by atoms with Gasteiger partial charge in [-0.15, -0.1) is 0 Å². The summed E-state index contributed by atoms with van der Waals surface area (Å²) in [6.07, 6.45) is 3.33. The van der Waals surface area contributed by atoms with E-state index in [1.807, 2.05) is 24.3 Å². The fraction of sp³-hybridized carbons (Fsp3) is 0.630. The lowest BCUT2D eigenvalue weighted by molar-refractivity contribution is -0.120. The first-order valence-corrected chi connectivity index (χ1v) is 14.1. The Morgan fingerprint density at radius 3 is 2.40 bits per heavy atom. The summed E-state index contributed by atoms with van der Waals surface area (Å²) in [5.41, 5.74) is 7.06. The van der Waals surface area contributed by atoms with Crippen LogP contribution in [-0.4, -0.2) is 104 Å². The second kappa shape index (κ2) is 16.2. The van der Waals surface area contributed by atoms with Gasteiger partial charge in [0, 0.05) is 37.9 Å². The van der Waals surface area contributed by atoms with Crippen LogP contribution in [0.3, 0.4) is 0 Å². The van der Waals surface area contributed by atoms with Gasteiger partial charge in [-0.1, -0.05) is 12.1 Å². The molecule has 1 saturated heterocycles. The number of aliphatic hydroxyl groups is 1. The number of aromatic nitrogens is 3. The molecule has 1 aliphatic carbocycles. The maximum atomic E-state index is 12.3. The molecule has 0 bridgehead atoms. The first kappa shape index (κ1) is 29.9. The normalized spacial score (nSPS) is 19.3. The molecule has 13 nitrogen and oxygen atoms in total. The molecule has 2 fully saturated rings. The second-order valence-electron chi connectivity index (χ2n) is 9.89. The van der Waals surface area contributed by atoms with Crippen molar-refractivity contribution in [2.75, 3.05) is 81.4 Å². The first-order chi connectivity index (χ1) is 19.6. The van der Waals surface area contributed by atoms with Crippen LogP contribution in [0.2, 0.25) is 0 Å². The first-order valence-electron chi connectivity index (χ1n) is 14.1. The molecular formula is C27H42N8O5. The number of benzene rings is 1. The average Bonchev–Trinajstić information content (AvgIpc) is 2.97. The number of nitrogens with two attached hydrogens (primary N) is 1. The molecule has 2 heterocycles. The van der Waals surface area contributed by atoms with Crippen molar-refractivity contribution in [1.82, 2.24) is 20.3 Å². The Labute approximate surface area is 235 Å². The molecule has 40 heavy (non-hydrogen) atoms. The topological polar surface area (TPSA) is 169 Å². The van der Waals surface area contributed by atoms with Crippen LogP contribution in [0.25, 0.3) is 0 Å². The highest BCUT2D eigenvalue weighted by Crippen LogP contribution is 2.24. The van der Waals surface area contributed by atoms with Crippen molar-refractivity contribution in [1.29, 1.82) is 0 Å². The number of carbonyl (C=O) groups excluding carboxylic acids is 1. The van der Waals surface area contributed by atoms with Gasteiger partial charge in [-0.3, -0.25) is 4.79 Å². The lowest BCUT2D eigenvalue weighted by Gasteiger charge is -2.28. The van der Waals surface area contributed by atoms with E-state index in [0.717, 1.165) is 36.9 Å². The summed E-state index contributed by atoms with van der Waals surface area (Å²) < 4.78 is 16.2. The molecule has 1 amide bonds. The standard InChI is InChI=1S/C27H42N8O5/c28-9-13-38-17-18-39-14-10-29-24(37)19-20-1-3-21(4-2-20)30-25-32-26(31-22-5-7-23(36)8-6-22)34-27(33-25)35-11-15-40-16-12-35/h1-4,22-23,36H,5-19,28H2,(H,29,37)(H2,30,31,32,33,34). The summed E-state index contributed by atoms with van der Waals surface area (Å²) in [6.45, 7) is 5.53. The summed E-state index contributed by atoms with van der Waals surface area (Å²) >= 11 is 0. The van der Waals surface area contributed by atoms with Gasteiger partial charge in [0.05, 0.1) is 52.2 Å². The molecule has 13 heteroatoms. The molecule has 0 radical (unpaired) electrons. The van der Waals surface area contributed by atoms with E-state index in [1.54, 1.807) is 0 Å². The predicted octanol–water partition coefficient (Wildman–Crippen LogP) is 0.818. The van der Waals surface area contributed by atoms with Crippen molar-refractivity contribution in [2.24, 2.45) is 5.73 Å². The third kappa shape index (κ3) is 10.1. The summed E-state index contributed by atoms with van der Waals surface area (Å²) in [4.78, 5) is 28.3. The number of rotatable bonds is 15. The van der Waals surface area contributed by atoms with Gasteiger partial charge in [-0.05, 0) is 43.4 Å². The highest BCUT2D eigenvalue weighted by molar-refractivity contribution is 5.78. The zero-order valence-electron chi connectivity index (χ0n) is 23.0. The van der Waals surface area contributed by atoms with E-state index in [0.29, 0.717) is 83.7 Å². The van der Waals surface area contributed by atoms with Crippen LogP contribution in [-0.2, 0) is 25.4 Å². The molecule has 220 valence electrons. The fourth-order valence-electron chi connectivity index (χ4n) is 4.54. The molecule has 1 aromatic carbocycles. The molecule has 0 unspecified atom stereocenters. The monoisotopic (exact) mass is 558 g/mol. The lowest BCUT2D eigenvalue weighted by Crippen LogP contribution is -2.38. The van der Waals surface area contributed by atoms with E-state index in [2.05, 4.69) is 35.8 Å². The van der Waals surface area contributed by atoms with E-state index in [-0.39, 0.29) is 24.5 Å². The molecule has 4 rings (SSSR count). The van der Waals surface area contributed by atoms with Crippen LogP contribution in [0, 0.1) is 0 Å². The van der Waals surface area contributed by atoms with E-state index in [9.17, 15) is 9.90 Å². The number of aliphatic hydroxyl groups excluding tert-OH is 1. The van der Waals surface area contributed by atoms with Crippen LogP contribution in [0.4, 0.5) is 23.5 Å².